The smallest absolute Gasteiger partial charge is 0.337 e. The Morgan fingerprint density at radius 2 is 2.10 bits per heavy atom. The molecular formula is C15H14N2O2S. The van der Waals surface area contributed by atoms with E-state index in [-0.39, 0.29) is 0 Å². The fraction of sp³-hybridized carbons (Fsp3) is 0.200. The van der Waals surface area contributed by atoms with Crippen LogP contribution in [0.2, 0.25) is 0 Å². The molecule has 3 rings (SSSR count). The molecule has 0 aliphatic rings. The predicted molar refractivity (Wildman–Crippen MR) is 79.6 cm³/mol. The van der Waals surface area contributed by atoms with Crippen molar-refractivity contribution >= 4 is 28.2 Å². The molecule has 4 nitrogen and oxygen atoms in total. The zero-order valence-corrected chi connectivity index (χ0v) is 12.1. The molecule has 20 heavy (non-hydrogen) atoms. The summed E-state index contributed by atoms with van der Waals surface area (Å²) in [6.45, 7) is 4.64. The Morgan fingerprint density at radius 1 is 1.35 bits per heavy atom. The summed E-state index contributed by atoms with van der Waals surface area (Å²) in [5.74, 6) is -0.897. The number of hydrogen-bond acceptors (Lipinski definition) is 3. The number of thiazole rings is 1. The highest BCUT2D eigenvalue weighted by molar-refractivity contribution is 7.11. The highest BCUT2D eigenvalue weighted by Crippen LogP contribution is 2.24. The lowest BCUT2D eigenvalue weighted by Gasteiger charge is -2.01. The third-order valence-corrected chi connectivity index (χ3v) is 4.46. The molecule has 0 saturated carbocycles. The van der Waals surface area contributed by atoms with E-state index in [0.29, 0.717) is 12.1 Å². The number of aryl methyl sites for hydroxylation is 2. The minimum Gasteiger partial charge on any atom is -0.478 e. The Kier molecular flexibility index (Phi) is 3.06. The summed E-state index contributed by atoms with van der Waals surface area (Å²) in [4.78, 5) is 17.0. The van der Waals surface area contributed by atoms with Crippen LogP contribution in [0.5, 0.6) is 0 Å². The SMILES string of the molecule is Cc1nc(Cn2cc(C(=O)O)c3ccccc32)sc1C. The van der Waals surface area contributed by atoms with Crippen molar-refractivity contribution in [1.82, 2.24) is 9.55 Å². The quantitative estimate of drug-likeness (QED) is 0.802. The van der Waals surface area contributed by atoms with E-state index in [2.05, 4.69) is 4.98 Å². The minimum absolute atomic E-state index is 0.339. The largest absolute Gasteiger partial charge is 0.478 e. The van der Waals surface area contributed by atoms with Gasteiger partial charge < -0.3 is 9.67 Å². The van der Waals surface area contributed by atoms with Gasteiger partial charge in [0, 0.05) is 22.0 Å². The van der Waals surface area contributed by atoms with Gasteiger partial charge >= 0.3 is 5.97 Å². The van der Waals surface area contributed by atoms with Crippen molar-refractivity contribution in [2.75, 3.05) is 0 Å². The summed E-state index contributed by atoms with van der Waals surface area (Å²) in [5.41, 5.74) is 2.31. The van der Waals surface area contributed by atoms with Crippen LogP contribution in [0.4, 0.5) is 0 Å². The highest BCUT2D eigenvalue weighted by Gasteiger charge is 2.14. The number of aromatic nitrogens is 2. The number of hydrogen-bond donors (Lipinski definition) is 1. The maximum Gasteiger partial charge on any atom is 0.337 e. The number of rotatable bonds is 3. The van der Waals surface area contributed by atoms with Gasteiger partial charge in [-0.3, -0.25) is 0 Å². The van der Waals surface area contributed by atoms with Crippen molar-refractivity contribution in [1.29, 1.82) is 0 Å². The van der Waals surface area contributed by atoms with Crippen LogP contribution >= 0.6 is 11.3 Å². The summed E-state index contributed by atoms with van der Waals surface area (Å²) < 4.78 is 1.95. The van der Waals surface area contributed by atoms with Gasteiger partial charge in [-0.2, -0.15) is 0 Å². The number of fused-ring (bicyclic) bond motifs is 1. The molecule has 1 N–H and O–H groups in total. The first-order valence-corrected chi connectivity index (χ1v) is 7.12. The average Bonchev–Trinajstić information content (AvgIpc) is 2.92. The third kappa shape index (κ3) is 2.10. The second-order valence-electron chi connectivity index (χ2n) is 4.74. The molecule has 0 saturated heterocycles. The van der Waals surface area contributed by atoms with E-state index in [9.17, 15) is 9.90 Å². The number of nitrogens with zero attached hydrogens (tertiary/aromatic N) is 2. The van der Waals surface area contributed by atoms with Gasteiger partial charge in [-0.05, 0) is 19.9 Å². The fourth-order valence-electron chi connectivity index (χ4n) is 2.30. The van der Waals surface area contributed by atoms with E-state index in [1.165, 1.54) is 4.88 Å². The predicted octanol–water partition coefficient (Wildman–Crippen LogP) is 3.46. The van der Waals surface area contributed by atoms with Crippen molar-refractivity contribution in [3.63, 3.8) is 0 Å². The lowest BCUT2D eigenvalue weighted by atomic mass is 10.2. The van der Waals surface area contributed by atoms with Crippen LogP contribution in [0, 0.1) is 13.8 Å². The first kappa shape index (κ1) is 12.9. The molecular weight excluding hydrogens is 272 g/mol. The number of carboxylic acid groups (broad SMARTS) is 1. The Morgan fingerprint density at radius 3 is 2.75 bits per heavy atom. The molecule has 102 valence electrons. The van der Waals surface area contributed by atoms with E-state index in [1.54, 1.807) is 17.5 Å². The van der Waals surface area contributed by atoms with Gasteiger partial charge in [0.2, 0.25) is 0 Å². The van der Waals surface area contributed by atoms with E-state index >= 15 is 0 Å². The topological polar surface area (TPSA) is 55.1 Å². The fourth-order valence-corrected chi connectivity index (χ4v) is 3.23. The van der Waals surface area contributed by atoms with E-state index in [4.69, 9.17) is 0 Å². The number of carboxylic acids is 1. The van der Waals surface area contributed by atoms with Crippen LogP contribution < -0.4 is 0 Å². The first-order valence-electron chi connectivity index (χ1n) is 6.30. The maximum atomic E-state index is 11.3. The van der Waals surface area contributed by atoms with Gasteiger partial charge in [-0.15, -0.1) is 11.3 Å². The van der Waals surface area contributed by atoms with Crippen LogP contribution in [0.1, 0.15) is 25.9 Å². The lowest BCUT2D eigenvalue weighted by molar-refractivity contribution is 0.0699. The molecule has 0 unspecified atom stereocenters. The van der Waals surface area contributed by atoms with Gasteiger partial charge in [0.05, 0.1) is 17.8 Å². The molecule has 0 radical (unpaired) electrons. The van der Waals surface area contributed by atoms with Crippen molar-refractivity contribution in [2.45, 2.75) is 20.4 Å². The second kappa shape index (κ2) is 4.76. The standard InChI is InChI=1S/C15H14N2O2S/c1-9-10(2)20-14(16-9)8-17-7-12(15(18)19)11-5-3-4-6-13(11)17/h3-7H,8H2,1-2H3,(H,18,19). The minimum atomic E-state index is -0.897. The molecule has 0 bridgehead atoms. The number of para-hydroxylation sites is 1. The summed E-state index contributed by atoms with van der Waals surface area (Å²) in [6, 6.07) is 7.56. The monoisotopic (exact) mass is 286 g/mol. The Labute approximate surface area is 120 Å². The van der Waals surface area contributed by atoms with Gasteiger partial charge in [-0.25, -0.2) is 9.78 Å². The highest BCUT2D eigenvalue weighted by atomic mass is 32.1. The third-order valence-electron chi connectivity index (χ3n) is 3.40. The normalized spacial score (nSPS) is 11.1. The van der Waals surface area contributed by atoms with Crippen molar-refractivity contribution in [3.05, 3.63) is 51.6 Å². The number of aromatic carboxylic acids is 1. The van der Waals surface area contributed by atoms with Crippen LogP contribution in [-0.4, -0.2) is 20.6 Å². The van der Waals surface area contributed by atoms with E-state index < -0.39 is 5.97 Å². The van der Waals surface area contributed by atoms with Gasteiger partial charge in [0.25, 0.3) is 0 Å². The van der Waals surface area contributed by atoms with Crippen molar-refractivity contribution in [2.24, 2.45) is 0 Å². The van der Waals surface area contributed by atoms with E-state index in [0.717, 1.165) is 21.6 Å². The van der Waals surface area contributed by atoms with Crippen LogP contribution in [-0.2, 0) is 6.54 Å². The van der Waals surface area contributed by atoms with Gasteiger partial charge in [-0.1, -0.05) is 18.2 Å². The zero-order valence-electron chi connectivity index (χ0n) is 11.3. The van der Waals surface area contributed by atoms with Crippen LogP contribution in [0.15, 0.2) is 30.5 Å². The van der Waals surface area contributed by atoms with E-state index in [1.807, 2.05) is 42.7 Å². The molecule has 0 spiro atoms. The van der Waals surface area contributed by atoms with Gasteiger partial charge in [0.1, 0.15) is 5.01 Å². The van der Waals surface area contributed by atoms with Crippen molar-refractivity contribution in [3.8, 4) is 0 Å². The molecule has 3 aromatic rings. The molecule has 0 fully saturated rings. The number of carbonyl (C=O) groups is 1. The molecule has 2 aromatic heterocycles. The lowest BCUT2D eigenvalue weighted by Crippen LogP contribution is -1.98. The number of benzene rings is 1. The Balaban J connectivity index is 2.09. The Bertz CT molecular complexity index is 782. The molecule has 0 aliphatic carbocycles. The van der Waals surface area contributed by atoms with Crippen LogP contribution in [0.25, 0.3) is 10.9 Å². The summed E-state index contributed by atoms with van der Waals surface area (Å²) in [6.07, 6.45) is 1.69. The summed E-state index contributed by atoms with van der Waals surface area (Å²) >= 11 is 1.66. The molecule has 2 heterocycles. The summed E-state index contributed by atoms with van der Waals surface area (Å²) in [5, 5.41) is 11.1. The summed E-state index contributed by atoms with van der Waals surface area (Å²) in [7, 11) is 0. The second-order valence-corrected chi connectivity index (χ2v) is 6.03. The average molecular weight is 286 g/mol. The Hall–Kier alpha value is -2.14. The molecule has 0 atom stereocenters. The molecule has 0 amide bonds. The molecule has 5 heteroatoms. The zero-order chi connectivity index (χ0) is 14.3. The maximum absolute atomic E-state index is 11.3. The van der Waals surface area contributed by atoms with Gasteiger partial charge in [0.15, 0.2) is 0 Å². The first-order chi connectivity index (χ1) is 9.56. The van der Waals surface area contributed by atoms with Crippen molar-refractivity contribution < 1.29 is 9.90 Å². The van der Waals surface area contributed by atoms with Crippen LogP contribution in [0.3, 0.4) is 0 Å². The molecule has 0 aliphatic heterocycles. The molecule has 1 aromatic carbocycles.